The fourth-order valence-electron chi connectivity index (χ4n) is 4.39. The summed E-state index contributed by atoms with van der Waals surface area (Å²) < 4.78 is 5.36. The third-order valence-electron chi connectivity index (χ3n) is 5.75. The van der Waals surface area contributed by atoms with E-state index in [1.54, 1.807) is 13.3 Å². The van der Waals surface area contributed by atoms with Gasteiger partial charge in [0.05, 0.1) is 18.3 Å². The van der Waals surface area contributed by atoms with Crippen LogP contribution < -0.4 is 5.32 Å². The minimum atomic E-state index is -0.334. The van der Waals surface area contributed by atoms with Gasteiger partial charge in [-0.2, -0.15) is 0 Å². The Morgan fingerprint density at radius 2 is 1.92 bits per heavy atom. The first-order valence-electron chi connectivity index (χ1n) is 9.72. The van der Waals surface area contributed by atoms with Gasteiger partial charge in [0.25, 0.3) is 0 Å². The first-order valence-corrected chi connectivity index (χ1v) is 9.72. The maximum Gasteiger partial charge on any atom is 0.241 e. The number of carbonyl (C=O) groups excluding carboxylic acids is 1. The molecular formula is C20H31N3O2. The van der Waals surface area contributed by atoms with Crippen LogP contribution in [0.2, 0.25) is 0 Å². The first kappa shape index (κ1) is 18.3. The predicted molar refractivity (Wildman–Crippen MR) is 98.2 cm³/mol. The molecule has 1 aromatic rings. The van der Waals surface area contributed by atoms with Gasteiger partial charge in [-0.3, -0.25) is 14.7 Å². The van der Waals surface area contributed by atoms with E-state index < -0.39 is 0 Å². The molecule has 138 valence electrons. The molecular weight excluding hydrogens is 314 g/mol. The van der Waals surface area contributed by atoms with Crippen LogP contribution in [0.1, 0.15) is 63.1 Å². The SMILES string of the molecule is COCC(NC(=O)C1(N2CCCCC2)CCCCC1)c1ccccn1. The number of carbonyl (C=O) groups is 1. The Labute approximate surface area is 151 Å². The van der Waals surface area contributed by atoms with Gasteiger partial charge in [-0.15, -0.1) is 0 Å². The van der Waals surface area contributed by atoms with E-state index in [1.807, 2.05) is 18.2 Å². The minimum Gasteiger partial charge on any atom is -0.382 e. The fraction of sp³-hybridized carbons (Fsp3) is 0.700. The van der Waals surface area contributed by atoms with Gasteiger partial charge >= 0.3 is 0 Å². The molecule has 1 atom stereocenters. The summed E-state index contributed by atoms with van der Waals surface area (Å²) in [6.07, 6.45) is 10.9. The Bertz CT molecular complexity index is 537. The average molecular weight is 345 g/mol. The van der Waals surface area contributed by atoms with Gasteiger partial charge in [0, 0.05) is 13.3 Å². The molecule has 0 spiro atoms. The standard InChI is InChI=1S/C20H31N3O2/c1-25-16-18(17-10-4-7-13-21-17)22-19(24)20(11-5-2-6-12-20)23-14-8-3-9-15-23/h4,7,10,13,18H,2-3,5-6,8-9,11-12,14-16H2,1H3,(H,22,24). The van der Waals surface area contributed by atoms with Crippen LogP contribution in [0, 0.1) is 0 Å². The quantitative estimate of drug-likeness (QED) is 0.861. The zero-order valence-electron chi connectivity index (χ0n) is 15.4. The van der Waals surface area contributed by atoms with Crippen LogP contribution in [-0.4, -0.2) is 48.1 Å². The van der Waals surface area contributed by atoms with Crippen LogP contribution in [-0.2, 0) is 9.53 Å². The predicted octanol–water partition coefficient (Wildman–Crippen LogP) is 3.07. The van der Waals surface area contributed by atoms with Crippen molar-refractivity contribution in [1.82, 2.24) is 15.2 Å². The van der Waals surface area contributed by atoms with Crippen LogP contribution >= 0.6 is 0 Å². The van der Waals surface area contributed by atoms with Crippen molar-refractivity contribution in [3.63, 3.8) is 0 Å². The summed E-state index contributed by atoms with van der Waals surface area (Å²) in [6, 6.07) is 5.62. The lowest BCUT2D eigenvalue weighted by Gasteiger charge is -2.47. The molecule has 2 fully saturated rings. The van der Waals surface area contributed by atoms with Gasteiger partial charge in [0.15, 0.2) is 0 Å². The molecule has 1 aliphatic heterocycles. The van der Waals surface area contributed by atoms with E-state index in [1.165, 1.54) is 25.7 Å². The second-order valence-electron chi connectivity index (χ2n) is 7.38. The molecule has 5 nitrogen and oxygen atoms in total. The molecule has 1 N–H and O–H groups in total. The molecule has 3 rings (SSSR count). The first-order chi connectivity index (χ1) is 12.3. The highest BCUT2D eigenvalue weighted by atomic mass is 16.5. The van der Waals surface area contributed by atoms with Crippen molar-refractivity contribution in [2.45, 2.75) is 62.9 Å². The van der Waals surface area contributed by atoms with E-state index in [0.29, 0.717) is 6.61 Å². The average Bonchev–Trinajstić information content (AvgIpc) is 2.69. The van der Waals surface area contributed by atoms with Crippen LogP contribution in [0.4, 0.5) is 0 Å². The molecule has 25 heavy (non-hydrogen) atoms. The summed E-state index contributed by atoms with van der Waals surface area (Å²) in [6.45, 7) is 2.54. The number of piperidine rings is 1. The molecule has 5 heteroatoms. The normalized spacial score (nSPS) is 22.3. The number of nitrogens with zero attached hydrogens (tertiary/aromatic N) is 2. The lowest BCUT2D eigenvalue weighted by molar-refractivity contribution is -0.138. The molecule has 1 aliphatic carbocycles. The topological polar surface area (TPSA) is 54.5 Å². The molecule has 0 radical (unpaired) electrons. The van der Waals surface area contributed by atoms with Gasteiger partial charge in [-0.1, -0.05) is 31.7 Å². The van der Waals surface area contributed by atoms with E-state index in [2.05, 4.69) is 15.2 Å². The van der Waals surface area contributed by atoms with Crippen molar-refractivity contribution in [2.75, 3.05) is 26.8 Å². The van der Waals surface area contributed by atoms with Crippen molar-refractivity contribution in [1.29, 1.82) is 0 Å². The highest BCUT2D eigenvalue weighted by Crippen LogP contribution is 2.36. The number of aromatic nitrogens is 1. The molecule has 1 saturated heterocycles. The number of amides is 1. The van der Waals surface area contributed by atoms with Crippen LogP contribution in [0.5, 0.6) is 0 Å². The number of ether oxygens (including phenoxy) is 1. The zero-order chi connectivity index (χ0) is 17.5. The van der Waals surface area contributed by atoms with Crippen molar-refractivity contribution in [3.8, 4) is 0 Å². The van der Waals surface area contributed by atoms with Gasteiger partial charge in [0.1, 0.15) is 5.54 Å². The number of pyridine rings is 1. The van der Waals surface area contributed by atoms with E-state index in [-0.39, 0.29) is 17.5 Å². The molecule has 2 aliphatic rings. The maximum absolute atomic E-state index is 13.4. The van der Waals surface area contributed by atoms with Crippen molar-refractivity contribution < 1.29 is 9.53 Å². The van der Waals surface area contributed by atoms with Crippen molar-refractivity contribution in [3.05, 3.63) is 30.1 Å². The second-order valence-corrected chi connectivity index (χ2v) is 7.38. The Balaban J connectivity index is 1.78. The maximum atomic E-state index is 13.4. The van der Waals surface area contributed by atoms with Gasteiger partial charge < -0.3 is 10.1 Å². The molecule has 1 aromatic heterocycles. The number of methoxy groups -OCH3 is 1. The van der Waals surface area contributed by atoms with Crippen molar-refractivity contribution in [2.24, 2.45) is 0 Å². The van der Waals surface area contributed by atoms with E-state index in [0.717, 1.165) is 44.5 Å². The molecule has 1 amide bonds. The number of nitrogens with one attached hydrogen (secondary N) is 1. The number of hydrogen-bond acceptors (Lipinski definition) is 4. The highest BCUT2D eigenvalue weighted by Gasteiger charge is 2.45. The summed E-state index contributed by atoms with van der Waals surface area (Å²) in [5.74, 6) is 0.168. The highest BCUT2D eigenvalue weighted by molar-refractivity contribution is 5.86. The number of hydrogen-bond donors (Lipinski definition) is 1. The summed E-state index contributed by atoms with van der Waals surface area (Å²) in [5.41, 5.74) is 0.529. The lowest BCUT2D eigenvalue weighted by atomic mass is 9.78. The monoisotopic (exact) mass is 345 g/mol. The Morgan fingerprint density at radius 1 is 1.20 bits per heavy atom. The summed E-state index contributed by atoms with van der Waals surface area (Å²) in [7, 11) is 1.67. The third-order valence-corrected chi connectivity index (χ3v) is 5.75. The zero-order valence-corrected chi connectivity index (χ0v) is 15.4. The Morgan fingerprint density at radius 3 is 2.56 bits per heavy atom. The third kappa shape index (κ3) is 4.21. The van der Waals surface area contributed by atoms with Gasteiger partial charge in [0.2, 0.25) is 5.91 Å². The van der Waals surface area contributed by atoms with E-state index >= 15 is 0 Å². The largest absolute Gasteiger partial charge is 0.382 e. The summed E-state index contributed by atoms with van der Waals surface area (Å²) >= 11 is 0. The van der Waals surface area contributed by atoms with E-state index in [4.69, 9.17) is 4.74 Å². The lowest BCUT2D eigenvalue weighted by Crippen LogP contribution is -2.61. The Kier molecular flexibility index (Phi) is 6.43. The minimum absolute atomic E-state index is 0.168. The summed E-state index contributed by atoms with van der Waals surface area (Å²) in [4.78, 5) is 20.3. The Hall–Kier alpha value is -1.46. The van der Waals surface area contributed by atoms with Gasteiger partial charge in [-0.05, 0) is 50.9 Å². The molecule has 1 unspecified atom stereocenters. The van der Waals surface area contributed by atoms with Gasteiger partial charge in [-0.25, -0.2) is 0 Å². The van der Waals surface area contributed by atoms with E-state index in [9.17, 15) is 4.79 Å². The second kappa shape index (κ2) is 8.77. The van der Waals surface area contributed by atoms with Crippen LogP contribution in [0.3, 0.4) is 0 Å². The summed E-state index contributed by atoms with van der Waals surface area (Å²) in [5, 5.41) is 3.27. The van der Waals surface area contributed by atoms with Crippen LogP contribution in [0.25, 0.3) is 0 Å². The number of rotatable bonds is 6. The van der Waals surface area contributed by atoms with Crippen molar-refractivity contribution >= 4 is 5.91 Å². The molecule has 1 saturated carbocycles. The fourth-order valence-corrected chi connectivity index (χ4v) is 4.39. The number of likely N-dealkylation sites (tertiary alicyclic amines) is 1. The van der Waals surface area contributed by atoms with Crippen LogP contribution in [0.15, 0.2) is 24.4 Å². The molecule has 2 heterocycles. The smallest absolute Gasteiger partial charge is 0.241 e. The molecule has 0 bridgehead atoms. The molecule has 0 aromatic carbocycles.